The molecule has 138 valence electrons. The maximum atomic E-state index is 12.1. The van der Waals surface area contributed by atoms with Crippen LogP contribution in [0.5, 0.6) is 11.5 Å². The monoisotopic (exact) mass is 367 g/mol. The Morgan fingerprint density at radius 1 is 1.11 bits per heavy atom. The number of cyclic esters (lactones) is 1. The summed E-state index contributed by atoms with van der Waals surface area (Å²) in [6.45, 7) is -0.169. The van der Waals surface area contributed by atoms with Gasteiger partial charge in [0.1, 0.15) is 6.61 Å². The number of esters is 2. The maximum absolute atomic E-state index is 12.1. The predicted octanol–water partition coefficient (Wildman–Crippen LogP) is 2.59. The molecule has 7 heteroatoms. The molecule has 1 aliphatic heterocycles. The van der Waals surface area contributed by atoms with Crippen LogP contribution in [0.25, 0.3) is 6.08 Å². The van der Waals surface area contributed by atoms with Crippen molar-refractivity contribution < 1.29 is 28.5 Å². The van der Waals surface area contributed by atoms with Gasteiger partial charge in [0.25, 0.3) is 0 Å². The van der Waals surface area contributed by atoms with Crippen molar-refractivity contribution in [2.75, 3.05) is 20.8 Å². The second kappa shape index (κ2) is 8.29. The van der Waals surface area contributed by atoms with E-state index in [9.17, 15) is 9.59 Å². The topological polar surface area (TPSA) is 83.4 Å². The molecule has 0 atom stereocenters. The van der Waals surface area contributed by atoms with Gasteiger partial charge in [-0.1, -0.05) is 24.3 Å². The van der Waals surface area contributed by atoms with Gasteiger partial charge in [-0.25, -0.2) is 14.6 Å². The van der Waals surface area contributed by atoms with Crippen LogP contribution in [0.3, 0.4) is 0 Å². The summed E-state index contributed by atoms with van der Waals surface area (Å²) in [5, 5.41) is 0. The van der Waals surface area contributed by atoms with E-state index < -0.39 is 11.9 Å². The maximum Gasteiger partial charge on any atom is 0.363 e. The van der Waals surface area contributed by atoms with Gasteiger partial charge in [-0.05, 0) is 35.9 Å². The lowest BCUT2D eigenvalue weighted by molar-refractivity contribution is -0.138. The van der Waals surface area contributed by atoms with Crippen LogP contribution in [0, 0.1) is 0 Å². The molecule has 1 heterocycles. The van der Waals surface area contributed by atoms with Crippen molar-refractivity contribution >= 4 is 23.9 Å². The number of ether oxygens (including phenoxy) is 4. The van der Waals surface area contributed by atoms with Crippen LogP contribution in [0.15, 0.2) is 59.2 Å². The molecule has 0 aliphatic carbocycles. The molecule has 7 nitrogen and oxygen atoms in total. The van der Waals surface area contributed by atoms with Crippen molar-refractivity contribution in [3.63, 3.8) is 0 Å². The summed E-state index contributed by atoms with van der Waals surface area (Å²) in [5.74, 6) is -0.234. The van der Waals surface area contributed by atoms with E-state index in [-0.39, 0.29) is 24.0 Å². The lowest BCUT2D eigenvalue weighted by atomic mass is 10.1. The number of aliphatic imine (C=N–C) groups is 1. The average molecular weight is 367 g/mol. The number of hydrogen-bond acceptors (Lipinski definition) is 7. The van der Waals surface area contributed by atoms with Gasteiger partial charge < -0.3 is 18.9 Å². The third-order valence-corrected chi connectivity index (χ3v) is 3.62. The molecule has 0 unspecified atom stereocenters. The molecule has 0 saturated heterocycles. The third-order valence-electron chi connectivity index (χ3n) is 3.62. The van der Waals surface area contributed by atoms with E-state index >= 15 is 0 Å². The molecule has 0 aromatic heterocycles. The second-order valence-electron chi connectivity index (χ2n) is 5.52. The zero-order chi connectivity index (χ0) is 19.2. The Hall–Kier alpha value is -3.45. The lowest BCUT2D eigenvalue weighted by Crippen LogP contribution is -2.14. The van der Waals surface area contributed by atoms with Crippen molar-refractivity contribution in [1.82, 2.24) is 0 Å². The second-order valence-corrected chi connectivity index (χ2v) is 5.52. The number of rotatable bonds is 6. The van der Waals surface area contributed by atoms with Crippen LogP contribution in [0.2, 0.25) is 0 Å². The molecule has 2 aromatic rings. The van der Waals surface area contributed by atoms with E-state index in [4.69, 9.17) is 18.9 Å². The van der Waals surface area contributed by atoms with Crippen LogP contribution in [-0.2, 0) is 19.1 Å². The first-order chi connectivity index (χ1) is 13.1. The Labute approximate surface area is 155 Å². The minimum Gasteiger partial charge on any atom is -0.493 e. The van der Waals surface area contributed by atoms with Gasteiger partial charge in [-0.3, -0.25) is 0 Å². The highest BCUT2D eigenvalue weighted by Crippen LogP contribution is 2.30. The van der Waals surface area contributed by atoms with E-state index in [1.807, 2.05) is 18.2 Å². The first-order valence-electron chi connectivity index (χ1n) is 8.06. The van der Waals surface area contributed by atoms with Crippen LogP contribution in [0.1, 0.15) is 11.1 Å². The fourth-order valence-electron chi connectivity index (χ4n) is 2.40. The molecule has 0 saturated carbocycles. The van der Waals surface area contributed by atoms with Crippen molar-refractivity contribution in [3.05, 3.63) is 65.4 Å². The van der Waals surface area contributed by atoms with Gasteiger partial charge in [-0.2, -0.15) is 0 Å². The summed E-state index contributed by atoms with van der Waals surface area (Å²) in [4.78, 5) is 27.9. The zero-order valence-electron chi connectivity index (χ0n) is 14.8. The van der Waals surface area contributed by atoms with Crippen LogP contribution < -0.4 is 9.47 Å². The van der Waals surface area contributed by atoms with Gasteiger partial charge in [0.05, 0.1) is 7.11 Å². The molecular formula is C20H17NO6. The average Bonchev–Trinajstić information content (AvgIpc) is 3.04. The fourth-order valence-corrected chi connectivity index (χ4v) is 2.40. The Bertz CT molecular complexity index is 917. The number of hydrogen-bond donors (Lipinski definition) is 0. The predicted molar refractivity (Wildman–Crippen MR) is 97.6 cm³/mol. The van der Waals surface area contributed by atoms with Crippen LogP contribution in [0.4, 0.5) is 0 Å². The summed E-state index contributed by atoms with van der Waals surface area (Å²) in [5.41, 5.74) is 1.52. The molecule has 27 heavy (non-hydrogen) atoms. The summed E-state index contributed by atoms with van der Waals surface area (Å²) >= 11 is 0. The number of methoxy groups -OCH3 is 2. The van der Waals surface area contributed by atoms with Gasteiger partial charge in [0.15, 0.2) is 17.2 Å². The highest BCUT2D eigenvalue weighted by molar-refractivity contribution is 6.12. The Morgan fingerprint density at radius 3 is 2.59 bits per heavy atom. The molecule has 0 spiro atoms. The summed E-state index contributed by atoms with van der Waals surface area (Å²) in [7, 11) is 2.86. The van der Waals surface area contributed by atoms with Crippen LogP contribution in [-0.4, -0.2) is 38.7 Å². The van der Waals surface area contributed by atoms with Crippen LogP contribution >= 0.6 is 0 Å². The summed E-state index contributed by atoms with van der Waals surface area (Å²) in [6, 6.07) is 14.0. The molecular weight excluding hydrogens is 350 g/mol. The summed E-state index contributed by atoms with van der Waals surface area (Å²) in [6.07, 6.45) is 1.57. The van der Waals surface area contributed by atoms with Gasteiger partial charge in [0, 0.05) is 12.7 Å². The minimum atomic E-state index is -0.543. The molecule has 0 amide bonds. The number of nitrogens with zero attached hydrogens (tertiary/aromatic N) is 1. The lowest BCUT2D eigenvalue weighted by Gasteiger charge is -2.09. The standard InChI is InChI=1S/C20H17NO6/c1-24-12-18(22)26-16-9-8-13(11-17(16)25-2)10-15-20(23)27-19(21-15)14-6-4-3-5-7-14/h3-11H,12H2,1-2H3/b15-10-. The molecule has 3 rings (SSSR count). The highest BCUT2D eigenvalue weighted by atomic mass is 16.6. The Balaban J connectivity index is 1.85. The number of benzene rings is 2. The Kier molecular flexibility index (Phi) is 5.63. The summed E-state index contributed by atoms with van der Waals surface area (Å²) < 4.78 is 20.4. The molecule has 0 bridgehead atoms. The number of carbonyl (C=O) groups is 2. The van der Waals surface area contributed by atoms with Gasteiger partial charge in [0.2, 0.25) is 5.90 Å². The van der Waals surface area contributed by atoms with Crippen molar-refractivity contribution in [1.29, 1.82) is 0 Å². The fraction of sp³-hybridized carbons (Fsp3) is 0.150. The Morgan fingerprint density at radius 2 is 1.89 bits per heavy atom. The first-order valence-corrected chi connectivity index (χ1v) is 8.06. The van der Waals surface area contributed by atoms with E-state index in [2.05, 4.69) is 4.99 Å². The normalized spacial score (nSPS) is 14.7. The van der Waals surface area contributed by atoms with Gasteiger partial charge in [-0.15, -0.1) is 0 Å². The van der Waals surface area contributed by atoms with Crippen molar-refractivity contribution in [3.8, 4) is 11.5 Å². The van der Waals surface area contributed by atoms with Crippen molar-refractivity contribution in [2.45, 2.75) is 0 Å². The third kappa shape index (κ3) is 4.39. The smallest absolute Gasteiger partial charge is 0.363 e. The van der Waals surface area contributed by atoms with Crippen molar-refractivity contribution in [2.24, 2.45) is 4.99 Å². The quantitative estimate of drug-likeness (QED) is 0.443. The van der Waals surface area contributed by atoms with E-state index in [0.717, 1.165) is 0 Å². The highest BCUT2D eigenvalue weighted by Gasteiger charge is 2.24. The van der Waals surface area contributed by atoms with E-state index in [0.29, 0.717) is 16.9 Å². The minimum absolute atomic E-state index is 0.167. The molecule has 0 N–H and O–H groups in total. The zero-order valence-corrected chi connectivity index (χ0v) is 14.8. The van der Waals surface area contributed by atoms with E-state index in [1.54, 1.807) is 36.4 Å². The molecule has 2 aromatic carbocycles. The molecule has 0 fully saturated rings. The molecule has 0 radical (unpaired) electrons. The SMILES string of the molecule is COCC(=O)Oc1ccc(/C=C2\N=C(c3ccccc3)OC2=O)cc1OC. The largest absolute Gasteiger partial charge is 0.493 e. The number of carbonyl (C=O) groups excluding carboxylic acids is 2. The first kappa shape index (κ1) is 18.3. The molecule has 1 aliphatic rings. The van der Waals surface area contributed by atoms with Gasteiger partial charge >= 0.3 is 11.9 Å². The van der Waals surface area contributed by atoms with E-state index in [1.165, 1.54) is 14.2 Å².